The molecule has 27 heavy (non-hydrogen) atoms. The van der Waals surface area contributed by atoms with E-state index in [1.165, 1.54) is 0 Å². The molecule has 4 heterocycles. The summed E-state index contributed by atoms with van der Waals surface area (Å²) in [4.78, 5) is 8.88. The Kier molecular flexibility index (Phi) is 4.49. The number of ether oxygens (including phenoxy) is 1. The third-order valence-corrected chi connectivity index (χ3v) is 6.41. The fourth-order valence-electron chi connectivity index (χ4n) is 3.16. The molecule has 0 aromatic carbocycles. The number of nitrogens with two attached hydrogens (primary N) is 1. The zero-order valence-corrected chi connectivity index (χ0v) is 17.0. The Labute approximate surface area is 159 Å². The first kappa shape index (κ1) is 17.8. The van der Waals surface area contributed by atoms with E-state index in [4.69, 9.17) is 10.5 Å². The van der Waals surface area contributed by atoms with Gasteiger partial charge < -0.3 is 19.6 Å². The second-order valence-corrected chi connectivity index (χ2v) is 13.7. The maximum Gasteiger partial charge on any atom is 0.143 e. The largest absolute Gasteiger partial charge is 0.384 e. The quantitative estimate of drug-likeness (QED) is 0.401. The minimum Gasteiger partial charge on any atom is -0.384 e. The molecule has 0 spiro atoms. The highest BCUT2D eigenvalue weighted by Crippen LogP contribution is 2.28. The molecule has 0 aliphatic carbocycles. The van der Waals surface area contributed by atoms with Crippen LogP contribution in [-0.4, -0.2) is 33.8 Å². The van der Waals surface area contributed by atoms with Gasteiger partial charge in [0.15, 0.2) is 0 Å². The van der Waals surface area contributed by atoms with Crippen LogP contribution in [0.25, 0.3) is 27.6 Å². The third kappa shape index (κ3) is 3.61. The number of nitrogen functional groups attached to an aromatic ring is 1. The van der Waals surface area contributed by atoms with E-state index in [9.17, 15) is 0 Å². The van der Waals surface area contributed by atoms with E-state index < -0.39 is 8.07 Å². The molecule has 0 fully saturated rings. The molecule has 0 aliphatic rings. The van der Waals surface area contributed by atoms with Crippen LogP contribution in [0.15, 0.2) is 49.1 Å². The molecule has 0 atom stereocenters. The monoisotopic (exact) mass is 379 g/mol. The van der Waals surface area contributed by atoms with Crippen molar-refractivity contribution in [1.29, 1.82) is 0 Å². The molecular formula is C20H25N5OSi. The molecule has 0 aliphatic heterocycles. The lowest BCUT2D eigenvalue weighted by atomic mass is 10.2. The SMILES string of the molecule is C[Si](C)(C)CCOCn1ccc2c1ncc1ccn(-c3ccc(N)nc3)c12. The predicted octanol–water partition coefficient (Wildman–Crippen LogP) is 4.27. The summed E-state index contributed by atoms with van der Waals surface area (Å²) in [5, 5.41) is 2.19. The van der Waals surface area contributed by atoms with Crippen molar-refractivity contribution in [2.75, 3.05) is 12.3 Å². The first-order chi connectivity index (χ1) is 12.9. The highest BCUT2D eigenvalue weighted by molar-refractivity contribution is 6.76. The van der Waals surface area contributed by atoms with Crippen molar-refractivity contribution in [3.05, 3.63) is 49.1 Å². The van der Waals surface area contributed by atoms with Gasteiger partial charge in [-0.05, 0) is 30.3 Å². The van der Waals surface area contributed by atoms with Gasteiger partial charge in [-0.3, -0.25) is 0 Å². The van der Waals surface area contributed by atoms with E-state index in [1.807, 2.05) is 30.7 Å². The zero-order chi connectivity index (χ0) is 19.0. The van der Waals surface area contributed by atoms with Crippen LogP contribution in [0.5, 0.6) is 0 Å². The maximum atomic E-state index is 5.91. The fraction of sp³-hybridized carbons (Fsp3) is 0.300. The van der Waals surface area contributed by atoms with Gasteiger partial charge in [-0.2, -0.15) is 0 Å². The van der Waals surface area contributed by atoms with E-state index in [-0.39, 0.29) is 0 Å². The van der Waals surface area contributed by atoms with Crippen molar-refractivity contribution in [2.45, 2.75) is 32.4 Å². The molecule has 0 unspecified atom stereocenters. The minimum absolute atomic E-state index is 0.517. The first-order valence-electron chi connectivity index (χ1n) is 9.17. The highest BCUT2D eigenvalue weighted by Gasteiger charge is 2.14. The lowest BCUT2D eigenvalue weighted by Gasteiger charge is -2.15. The lowest BCUT2D eigenvalue weighted by molar-refractivity contribution is 0.0899. The summed E-state index contributed by atoms with van der Waals surface area (Å²) in [5.74, 6) is 0.517. The van der Waals surface area contributed by atoms with E-state index in [1.54, 1.807) is 6.20 Å². The lowest BCUT2D eigenvalue weighted by Crippen LogP contribution is -2.22. The van der Waals surface area contributed by atoms with E-state index >= 15 is 0 Å². The number of hydrogen-bond donors (Lipinski definition) is 1. The van der Waals surface area contributed by atoms with Gasteiger partial charge in [-0.1, -0.05) is 19.6 Å². The molecule has 0 amide bonds. The van der Waals surface area contributed by atoms with Gasteiger partial charge in [0.2, 0.25) is 0 Å². The van der Waals surface area contributed by atoms with Crippen LogP contribution >= 0.6 is 0 Å². The highest BCUT2D eigenvalue weighted by atomic mass is 28.3. The Morgan fingerprint density at radius 1 is 1.04 bits per heavy atom. The number of hydrogen-bond acceptors (Lipinski definition) is 4. The summed E-state index contributed by atoms with van der Waals surface area (Å²) < 4.78 is 10.1. The van der Waals surface area contributed by atoms with Crippen LogP contribution in [0, 0.1) is 0 Å². The van der Waals surface area contributed by atoms with Gasteiger partial charge in [-0.25, -0.2) is 9.97 Å². The molecule has 2 N–H and O–H groups in total. The Morgan fingerprint density at radius 2 is 1.89 bits per heavy atom. The van der Waals surface area contributed by atoms with Crippen LogP contribution < -0.4 is 5.73 Å². The van der Waals surface area contributed by atoms with Gasteiger partial charge in [0.05, 0.1) is 17.4 Å². The molecule has 0 saturated heterocycles. The summed E-state index contributed by atoms with van der Waals surface area (Å²) in [5.41, 5.74) is 8.75. The number of aromatic nitrogens is 4. The van der Waals surface area contributed by atoms with Crippen molar-refractivity contribution < 1.29 is 4.74 Å². The van der Waals surface area contributed by atoms with E-state index in [0.717, 1.165) is 40.3 Å². The van der Waals surface area contributed by atoms with Crippen LogP contribution in [0.3, 0.4) is 0 Å². The summed E-state index contributed by atoms with van der Waals surface area (Å²) in [7, 11) is -1.08. The van der Waals surface area contributed by atoms with Gasteiger partial charge in [0, 0.05) is 44.0 Å². The van der Waals surface area contributed by atoms with E-state index in [0.29, 0.717) is 12.5 Å². The standard InChI is InChI=1S/C20H25N5OSi/c1-27(2,3)11-10-26-14-24-8-7-17-19-15(12-23-20(17)24)6-9-25(19)16-4-5-18(21)22-13-16/h4-9,12-13H,10-11,14H2,1-3H3,(H2,21,22). The summed E-state index contributed by atoms with van der Waals surface area (Å²) in [6.07, 6.45) is 7.79. The summed E-state index contributed by atoms with van der Waals surface area (Å²) in [6, 6.07) is 9.13. The Bertz CT molecular complexity index is 1080. The number of nitrogens with zero attached hydrogens (tertiary/aromatic N) is 4. The number of rotatable bonds is 6. The van der Waals surface area contributed by atoms with Crippen LogP contribution in [0.1, 0.15) is 0 Å². The van der Waals surface area contributed by atoms with Crippen LogP contribution in [-0.2, 0) is 11.5 Å². The molecule has 0 radical (unpaired) electrons. The molecule has 4 aromatic heterocycles. The average molecular weight is 380 g/mol. The minimum atomic E-state index is -1.08. The van der Waals surface area contributed by atoms with Crippen LogP contribution in [0.4, 0.5) is 5.82 Å². The number of pyridine rings is 2. The van der Waals surface area contributed by atoms with Crippen LogP contribution in [0.2, 0.25) is 25.7 Å². The summed E-state index contributed by atoms with van der Waals surface area (Å²) in [6.45, 7) is 8.40. The van der Waals surface area contributed by atoms with Crippen molar-refractivity contribution in [3.63, 3.8) is 0 Å². The number of anilines is 1. The Morgan fingerprint density at radius 3 is 2.63 bits per heavy atom. The smallest absolute Gasteiger partial charge is 0.143 e. The van der Waals surface area contributed by atoms with E-state index in [2.05, 4.69) is 50.9 Å². The van der Waals surface area contributed by atoms with Crippen molar-refractivity contribution >= 4 is 35.8 Å². The normalized spacial score (nSPS) is 12.3. The Balaban J connectivity index is 1.67. The second kappa shape index (κ2) is 6.83. The molecule has 4 rings (SSSR count). The second-order valence-electron chi connectivity index (χ2n) is 8.06. The topological polar surface area (TPSA) is 70.9 Å². The van der Waals surface area contributed by atoms with Crippen molar-refractivity contribution in [3.8, 4) is 5.69 Å². The molecule has 140 valence electrons. The van der Waals surface area contributed by atoms with Crippen molar-refractivity contribution in [2.24, 2.45) is 0 Å². The Hall–Kier alpha value is -2.64. The molecule has 4 aromatic rings. The molecule has 7 heteroatoms. The predicted molar refractivity (Wildman–Crippen MR) is 113 cm³/mol. The zero-order valence-electron chi connectivity index (χ0n) is 16.0. The third-order valence-electron chi connectivity index (χ3n) is 4.71. The average Bonchev–Trinajstić information content (AvgIpc) is 3.22. The van der Waals surface area contributed by atoms with Gasteiger partial charge in [-0.15, -0.1) is 0 Å². The molecule has 0 bridgehead atoms. The first-order valence-corrected chi connectivity index (χ1v) is 12.9. The molecular weight excluding hydrogens is 354 g/mol. The molecule has 6 nitrogen and oxygen atoms in total. The van der Waals surface area contributed by atoms with Gasteiger partial charge >= 0.3 is 0 Å². The van der Waals surface area contributed by atoms with Crippen molar-refractivity contribution in [1.82, 2.24) is 19.1 Å². The molecule has 0 saturated carbocycles. The van der Waals surface area contributed by atoms with Gasteiger partial charge in [0.1, 0.15) is 18.2 Å². The number of fused-ring (bicyclic) bond motifs is 3. The summed E-state index contributed by atoms with van der Waals surface area (Å²) >= 11 is 0. The fourth-order valence-corrected chi connectivity index (χ4v) is 3.92. The maximum absolute atomic E-state index is 5.91. The van der Waals surface area contributed by atoms with Gasteiger partial charge in [0.25, 0.3) is 0 Å².